The van der Waals surface area contributed by atoms with Crippen molar-refractivity contribution in [1.82, 2.24) is 0 Å². The van der Waals surface area contributed by atoms with Crippen LogP contribution in [-0.4, -0.2) is 10.0 Å². The third-order valence-electron chi connectivity index (χ3n) is 1.15. The summed E-state index contributed by atoms with van der Waals surface area (Å²) in [5.74, 6) is -0.329. The molecule has 4 nitrogen and oxygen atoms in total. The molecule has 0 saturated heterocycles. The lowest BCUT2D eigenvalue weighted by Gasteiger charge is -1.95. The van der Waals surface area contributed by atoms with Gasteiger partial charge in [-0.1, -0.05) is 6.07 Å². The summed E-state index contributed by atoms with van der Waals surface area (Å²) in [7, 11) is 0. The lowest BCUT2D eigenvalue weighted by Crippen LogP contribution is -1.88. The summed E-state index contributed by atoms with van der Waals surface area (Å²) in [6, 6.07) is 4.28. The molecule has 0 aliphatic heterocycles. The van der Waals surface area contributed by atoms with Gasteiger partial charge in [0, 0.05) is 0 Å². The van der Waals surface area contributed by atoms with E-state index in [9.17, 15) is 10.1 Å². The van der Waals surface area contributed by atoms with Gasteiger partial charge in [-0.05, 0) is 28.1 Å². The Hall–Kier alpha value is -1.10. The van der Waals surface area contributed by atoms with Gasteiger partial charge in [0.1, 0.15) is 0 Å². The van der Waals surface area contributed by atoms with E-state index in [1.807, 2.05) is 0 Å². The van der Waals surface area contributed by atoms with Crippen molar-refractivity contribution in [3.63, 3.8) is 0 Å². The summed E-state index contributed by atoms with van der Waals surface area (Å²) in [5, 5.41) is 19.2. The van der Waals surface area contributed by atoms with Gasteiger partial charge in [0.15, 0.2) is 5.75 Å². The minimum absolute atomic E-state index is 0.280. The largest absolute Gasteiger partial charge is 0.502 e. The van der Waals surface area contributed by atoms with Crippen LogP contribution in [-0.2, 0) is 0 Å². The van der Waals surface area contributed by atoms with E-state index in [4.69, 9.17) is 5.11 Å². The van der Waals surface area contributed by atoms with Gasteiger partial charge in [0.05, 0.1) is 9.40 Å². The molecule has 0 unspecified atom stereocenters. The van der Waals surface area contributed by atoms with Gasteiger partial charge in [-0.25, -0.2) is 0 Å². The van der Waals surface area contributed by atoms with Gasteiger partial charge in [-0.15, -0.1) is 0 Å². The number of rotatable bonds is 1. The Morgan fingerprint density at radius 1 is 1.55 bits per heavy atom. The van der Waals surface area contributed by atoms with Gasteiger partial charge in [0.25, 0.3) is 0 Å². The second-order valence-electron chi connectivity index (χ2n) is 1.86. The van der Waals surface area contributed by atoms with Gasteiger partial charge >= 0.3 is 5.69 Å². The molecule has 1 aromatic rings. The molecule has 1 N–H and O–H groups in total. The molecule has 5 heteroatoms. The van der Waals surface area contributed by atoms with Gasteiger partial charge < -0.3 is 5.11 Å². The first-order chi connectivity index (χ1) is 5.13. The average molecular weight is 218 g/mol. The molecule has 58 valence electrons. The van der Waals surface area contributed by atoms with Crippen molar-refractivity contribution >= 4 is 21.6 Å². The molecule has 0 aliphatic carbocycles. The number of aromatic hydroxyl groups is 1. The van der Waals surface area contributed by atoms with E-state index in [0.717, 1.165) is 0 Å². The maximum absolute atomic E-state index is 10.3. The fourth-order valence-corrected chi connectivity index (χ4v) is 1.19. The Kier molecular flexibility index (Phi) is 2.09. The molecule has 0 fully saturated rings. The number of phenols is 1. The Balaban J connectivity index is 3.32. The maximum Gasteiger partial charge on any atom is 0.324 e. The monoisotopic (exact) mass is 217 g/mol. The van der Waals surface area contributed by atoms with E-state index >= 15 is 0 Å². The number of hydrogen-bond donors (Lipinski definition) is 1. The first-order valence-corrected chi connectivity index (χ1v) is 3.54. The summed E-state index contributed by atoms with van der Waals surface area (Å²) >= 11 is 2.95. The van der Waals surface area contributed by atoms with Crippen molar-refractivity contribution in [1.29, 1.82) is 0 Å². The molecule has 0 spiro atoms. The van der Waals surface area contributed by atoms with Crippen molar-refractivity contribution < 1.29 is 10.0 Å². The molecule has 0 atom stereocenters. The predicted octanol–water partition coefficient (Wildman–Crippen LogP) is 2.06. The number of hydrogen-bond acceptors (Lipinski definition) is 3. The summed E-state index contributed by atoms with van der Waals surface area (Å²) in [6.07, 6.45) is 0. The summed E-state index contributed by atoms with van der Waals surface area (Å²) in [6.45, 7) is 0. The second kappa shape index (κ2) is 2.87. The van der Waals surface area contributed by atoms with Gasteiger partial charge in [-0.2, -0.15) is 0 Å². The Morgan fingerprint density at radius 3 is 2.55 bits per heavy atom. The Labute approximate surface area is 70.7 Å². The van der Waals surface area contributed by atoms with Gasteiger partial charge in [-0.3, -0.25) is 10.1 Å². The van der Waals surface area contributed by atoms with E-state index in [1.54, 1.807) is 0 Å². The van der Waals surface area contributed by atoms with Crippen molar-refractivity contribution in [3.05, 3.63) is 32.8 Å². The normalized spacial score (nSPS) is 9.55. The van der Waals surface area contributed by atoms with Crippen LogP contribution in [0, 0.1) is 10.1 Å². The Morgan fingerprint density at radius 2 is 2.18 bits per heavy atom. The smallest absolute Gasteiger partial charge is 0.324 e. The molecule has 0 saturated carbocycles. The van der Waals surface area contributed by atoms with E-state index < -0.39 is 4.92 Å². The lowest BCUT2D eigenvalue weighted by atomic mass is 10.3. The minimum Gasteiger partial charge on any atom is -0.502 e. The third kappa shape index (κ3) is 1.48. The maximum atomic E-state index is 10.3. The third-order valence-corrected chi connectivity index (χ3v) is 1.79. The SMILES string of the molecule is O=[N+]([O-])c1c(O)cccc1Br. The summed E-state index contributed by atoms with van der Waals surface area (Å²) < 4.78 is 0.280. The highest BCUT2D eigenvalue weighted by molar-refractivity contribution is 9.10. The molecular weight excluding hydrogens is 214 g/mol. The van der Waals surface area contributed by atoms with Crippen LogP contribution < -0.4 is 0 Å². The first kappa shape index (κ1) is 8.00. The topological polar surface area (TPSA) is 63.4 Å². The molecular formula is C6H4BrNO3. The van der Waals surface area contributed by atoms with Crippen LogP contribution in [0.2, 0.25) is 0 Å². The molecule has 0 aliphatic rings. The van der Waals surface area contributed by atoms with Crippen LogP contribution in [0.1, 0.15) is 0 Å². The van der Waals surface area contributed by atoms with Crippen LogP contribution >= 0.6 is 15.9 Å². The van der Waals surface area contributed by atoms with Crippen LogP contribution in [0.3, 0.4) is 0 Å². The van der Waals surface area contributed by atoms with Gasteiger partial charge in [0.2, 0.25) is 0 Å². The number of para-hydroxylation sites is 1. The molecule has 0 radical (unpaired) electrons. The molecule has 0 aromatic heterocycles. The van der Waals surface area contributed by atoms with Crippen molar-refractivity contribution in [2.75, 3.05) is 0 Å². The molecule has 11 heavy (non-hydrogen) atoms. The zero-order valence-corrected chi connectivity index (χ0v) is 6.91. The number of halogens is 1. The van der Waals surface area contributed by atoms with E-state index in [0.29, 0.717) is 0 Å². The first-order valence-electron chi connectivity index (χ1n) is 2.75. The number of nitrogens with zero attached hydrogens (tertiary/aromatic N) is 1. The highest BCUT2D eigenvalue weighted by Gasteiger charge is 2.16. The lowest BCUT2D eigenvalue weighted by molar-refractivity contribution is -0.386. The zero-order chi connectivity index (χ0) is 8.43. The zero-order valence-electron chi connectivity index (χ0n) is 5.32. The quantitative estimate of drug-likeness (QED) is 0.579. The number of nitro groups is 1. The average Bonchev–Trinajstić information content (AvgIpc) is 1.85. The van der Waals surface area contributed by atoms with Crippen LogP contribution in [0.15, 0.2) is 22.7 Å². The Bertz CT molecular complexity index is 280. The minimum atomic E-state index is -0.639. The number of phenolic OH excluding ortho intramolecular Hbond substituents is 1. The molecule has 0 heterocycles. The molecule has 1 aromatic carbocycles. The molecule has 1 rings (SSSR count). The van der Waals surface area contributed by atoms with Crippen LogP contribution in [0.25, 0.3) is 0 Å². The highest BCUT2D eigenvalue weighted by Crippen LogP contribution is 2.32. The van der Waals surface area contributed by atoms with Crippen LogP contribution in [0.4, 0.5) is 5.69 Å². The second-order valence-corrected chi connectivity index (χ2v) is 2.72. The van der Waals surface area contributed by atoms with Crippen molar-refractivity contribution in [2.24, 2.45) is 0 Å². The standard InChI is InChI=1S/C6H4BrNO3/c7-4-2-1-3-5(9)6(4)8(10)11/h1-3,9H. The fourth-order valence-electron chi connectivity index (χ4n) is 0.685. The predicted molar refractivity (Wildman–Crippen MR) is 42.5 cm³/mol. The molecule has 0 amide bonds. The van der Waals surface area contributed by atoms with E-state index in [2.05, 4.69) is 15.9 Å². The molecule has 0 bridgehead atoms. The van der Waals surface area contributed by atoms with Crippen molar-refractivity contribution in [2.45, 2.75) is 0 Å². The summed E-state index contributed by atoms with van der Waals surface area (Å²) in [4.78, 5) is 9.62. The van der Waals surface area contributed by atoms with Crippen molar-refractivity contribution in [3.8, 4) is 5.75 Å². The summed E-state index contributed by atoms with van der Waals surface area (Å²) in [5.41, 5.74) is -0.299. The fraction of sp³-hybridized carbons (Fsp3) is 0. The van der Waals surface area contributed by atoms with E-state index in [-0.39, 0.29) is 15.9 Å². The number of benzene rings is 1. The highest BCUT2D eigenvalue weighted by atomic mass is 79.9. The van der Waals surface area contributed by atoms with E-state index in [1.165, 1.54) is 18.2 Å². The van der Waals surface area contributed by atoms with Crippen LogP contribution in [0.5, 0.6) is 5.75 Å². The number of nitro benzene ring substituents is 1.